The first kappa shape index (κ1) is 14.5. The number of halogens is 2. The van der Waals surface area contributed by atoms with E-state index >= 15 is 0 Å². The minimum absolute atomic E-state index is 0.189. The quantitative estimate of drug-likeness (QED) is 0.844. The molecule has 2 unspecified atom stereocenters. The van der Waals surface area contributed by atoms with Crippen LogP contribution in [0.5, 0.6) is 0 Å². The van der Waals surface area contributed by atoms with Crippen LogP contribution < -0.4 is 0 Å². The fraction of sp³-hybridized carbons (Fsp3) is 0.571. The van der Waals surface area contributed by atoms with Gasteiger partial charge in [0.05, 0.1) is 6.10 Å². The Labute approximate surface area is 108 Å². The van der Waals surface area contributed by atoms with Crippen molar-refractivity contribution in [2.75, 3.05) is 0 Å². The van der Waals surface area contributed by atoms with Gasteiger partial charge in [0.2, 0.25) is 0 Å². The molecule has 0 aliphatic carbocycles. The van der Waals surface area contributed by atoms with E-state index in [1.807, 2.05) is 6.92 Å². The van der Waals surface area contributed by atoms with Gasteiger partial charge in [-0.1, -0.05) is 32.4 Å². The highest BCUT2D eigenvalue weighted by molar-refractivity contribution is 6.31. The monoisotopic (exact) mass is 258 g/mol. The third-order valence-corrected chi connectivity index (χ3v) is 3.31. The maximum absolute atomic E-state index is 13.1. The molecule has 0 aromatic heterocycles. The molecule has 0 heterocycles. The highest BCUT2D eigenvalue weighted by Gasteiger charge is 2.17. The van der Waals surface area contributed by atoms with E-state index in [4.69, 9.17) is 11.6 Å². The molecule has 0 aliphatic rings. The van der Waals surface area contributed by atoms with Gasteiger partial charge in [-0.25, -0.2) is 4.39 Å². The summed E-state index contributed by atoms with van der Waals surface area (Å²) in [6.45, 7) is 6.26. The van der Waals surface area contributed by atoms with Crippen molar-refractivity contribution in [3.8, 4) is 0 Å². The van der Waals surface area contributed by atoms with Gasteiger partial charge in [0.1, 0.15) is 5.82 Å². The van der Waals surface area contributed by atoms with E-state index in [-0.39, 0.29) is 11.7 Å². The Morgan fingerprint density at radius 1 is 1.29 bits per heavy atom. The van der Waals surface area contributed by atoms with E-state index in [1.165, 1.54) is 18.2 Å². The Morgan fingerprint density at radius 2 is 1.94 bits per heavy atom. The second-order valence-electron chi connectivity index (χ2n) is 5.11. The van der Waals surface area contributed by atoms with Gasteiger partial charge in [-0.3, -0.25) is 0 Å². The van der Waals surface area contributed by atoms with Gasteiger partial charge >= 0.3 is 0 Å². The maximum Gasteiger partial charge on any atom is 0.123 e. The standard InChI is InChI=1S/C14H20ClFO/c1-9(2)6-10(3)14(17)8-11-7-12(16)4-5-13(11)15/h4-5,7,9-10,14,17H,6,8H2,1-3H3. The number of benzene rings is 1. The fourth-order valence-corrected chi connectivity index (χ4v) is 2.22. The molecule has 1 aromatic rings. The van der Waals surface area contributed by atoms with Crippen LogP contribution in [-0.4, -0.2) is 11.2 Å². The van der Waals surface area contributed by atoms with Crippen molar-refractivity contribution in [2.45, 2.75) is 39.7 Å². The molecular formula is C14H20ClFO. The first-order valence-electron chi connectivity index (χ1n) is 6.02. The topological polar surface area (TPSA) is 20.2 Å². The van der Waals surface area contributed by atoms with Crippen molar-refractivity contribution < 1.29 is 9.50 Å². The predicted octanol–water partition coefficient (Wildman–Crippen LogP) is 4.06. The summed E-state index contributed by atoms with van der Waals surface area (Å²) in [5.41, 5.74) is 0.676. The van der Waals surface area contributed by atoms with Gasteiger partial charge in [-0.2, -0.15) is 0 Å². The molecule has 0 aliphatic heterocycles. The molecule has 0 amide bonds. The number of rotatable bonds is 5. The minimum Gasteiger partial charge on any atom is -0.393 e. The summed E-state index contributed by atoms with van der Waals surface area (Å²) in [4.78, 5) is 0. The van der Waals surface area contributed by atoms with Crippen LogP contribution in [0, 0.1) is 17.7 Å². The lowest BCUT2D eigenvalue weighted by atomic mass is 9.90. The second kappa shape index (κ2) is 6.36. The normalized spacial score (nSPS) is 15.0. The second-order valence-corrected chi connectivity index (χ2v) is 5.52. The average molecular weight is 259 g/mol. The van der Waals surface area contributed by atoms with Gasteiger partial charge < -0.3 is 5.11 Å². The zero-order chi connectivity index (χ0) is 13.0. The van der Waals surface area contributed by atoms with Crippen LogP contribution in [0.4, 0.5) is 4.39 Å². The summed E-state index contributed by atoms with van der Waals surface area (Å²) >= 11 is 5.97. The molecule has 3 heteroatoms. The number of aliphatic hydroxyl groups excluding tert-OH is 1. The van der Waals surface area contributed by atoms with E-state index in [1.54, 1.807) is 0 Å². The molecule has 0 saturated carbocycles. The Kier molecular flexibility index (Phi) is 5.41. The summed E-state index contributed by atoms with van der Waals surface area (Å²) in [6.07, 6.45) is 0.884. The minimum atomic E-state index is -0.475. The van der Waals surface area contributed by atoms with E-state index in [0.717, 1.165) is 6.42 Å². The smallest absolute Gasteiger partial charge is 0.123 e. The third kappa shape index (κ3) is 4.64. The largest absolute Gasteiger partial charge is 0.393 e. The molecule has 2 atom stereocenters. The van der Waals surface area contributed by atoms with Crippen molar-refractivity contribution in [1.29, 1.82) is 0 Å². The van der Waals surface area contributed by atoms with Crippen LogP contribution in [0.3, 0.4) is 0 Å². The summed E-state index contributed by atoms with van der Waals surface area (Å²) < 4.78 is 13.1. The Balaban J connectivity index is 2.67. The van der Waals surface area contributed by atoms with E-state index in [9.17, 15) is 9.50 Å². The van der Waals surface area contributed by atoms with Crippen LogP contribution in [0.2, 0.25) is 5.02 Å². The molecule has 0 saturated heterocycles. The van der Waals surface area contributed by atoms with Gasteiger partial charge in [-0.05, 0) is 42.0 Å². The Bertz CT molecular complexity index is 365. The number of aliphatic hydroxyl groups is 1. The van der Waals surface area contributed by atoms with Crippen LogP contribution in [0.15, 0.2) is 18.2 Å². The zero-order valence-corrected chi connectivity index (χ0v) is 11.3. The zero-order valence-electron chi connectivity index (χ0n) is 10.6. The van der Waals surface area contributed by atoms with Crippen molar-refractivity contribution in [1.82, 2.24) is 0 Å². The Morgan fingerprint density at radius 3 is 2.53 bits per heavy atom. The molecule has 1 rings (SSSR count). The number of hydrogen-bond acceptors (Lipinski definition) is 1. The van der Waals surface area contributed by atoms with Crippen molar-refractivity contribution in [3.05, 3.63) is 34.6 Å². The van der Waals surface area contributed by atoms with E-state index < -0.39 is 6.10 Å². The molecule has 1 N–H and O–H groups in total. The molecule has 0 bridgehead atoms. The van der Waals surface area contributed by atoms with Crippen molar-refractivity contribution >= 4 is 11.6 Å². The summed E-state index contributed by atoms with van der Waals surface area (Å²) in [7, 11) is 0. The molecule has 0 spiro atoms. The first-order valence-corrected chi connectivity index (χ1v) is 6.40. The SMILES string of the molecule is CC(C)CC(C)C(O)Cc1cc(F)ccc1Cl. The van der Waals surface area contributed by atoms with Crippen LogP contribution >= 0.6 is 11.6 Å². The van der Waals surface area contributed by atoms with Gasteiger partial charge in [0.15, 0.2) is 0 Å². The van der Waals surface area contributed by atoms with E-state index in [2.05, 4.69) is 13.8 Å². The summed E-state index contributed by atoms with van der Waals surface area (Å²) in [6, 6.07) is 4.26. The lowest BCUT2D eigenvalue weighted by molar-refractivity contribution is 0.105. The highest BCUT2D eigenvalue weighted by Crippen LogP contribution is 2.23. The first-order chi connectivity index (χ1) is 7.90. The number of hydrogen-bond donors (Lipinski definition) is 1. The molecule has 1 aromatic carbocycles. The Hall–Kier alpha value is -0.600. The predicted molar refractivity (Wildman–Crippen MR) is 69.7 cm³/mol. The molecule has 1 nitrogen and oxygen atoms in total. The highest BCUT2D eigenvalue weighted by atomic mass is 35.5. The average Bonchev–Trinajstić information content (AvgIpc) is 2.22. The summed E-state index contributed by atoms with van der Waals surface area (Å²) in [5.74, 6) is 0.421. The summed E-state index contributed by atoms with van der Waals surface area (Å²) in [5, 5.41) is 10.6. The third-order valence-electron chi connectivity index (χ3n) is 2.94. The lowest BCUT2D eigenvalue weighted by Crippen LogP contribution is -2.22. The van der Waals surface area contributed by atoms with Crippen LogP contribution in [0.25, 0.3) is 0 Å². The maximum atomic E-state index is 13.1. The van der Waals surface area contributed by atoms with Gasteiger partial charge in [-0.15, -0.1) is 0 Å². The van der Waals surface area contributed by atoms with E-state index in [0.29, 0.717) is 22.9 Å². The van der Waals surface area contributed by atoms with Gasteiger partial charge in [0, 0.05) is 11.4 Å². The van der Waals surface area contributed by atoms with Crippen molar-refractivity contribution in [2.24, 2.45) is 11.8 Å². The molecule has 17 heavy (non-hydrogen) atoms. The molecular weight excluding hydrogens is 239 g/mol. The lowest BCUT2D eigenvalue weighted by Gasteiger charge is -2.21. The van der Waals surface area contributed by atoms with Crippen LogP contribution in [0.1, 0.15) is 32.8 Å². The fourth-order valence-electron chi connectivity index (χ4n) is 2.03. The van der Waals surface area contributed by atoms with Gasteiger partial charge in [0.25, 0.3) is 0 Å². The van der Waals surface area contributed by atoms with Crippen LogP contribution in [-0.2, 0) is 6.42 Å². The van der Waals surface area contributed by atoms with Crippen molar-refractivity contribution in [3.63, 3.8) is 0 Å². The molecule has 0 radical (unpaired) electrons. The molecule has 96 valence electrons. The molecule has 0 fully saturated rings.